The van der Waals surface area contributed by atoms with E-state index in [1.165, 1.54) is 12.1 Å². The van der Waals surface area contributed by atoms with Gasteiger partial charge < -0.3 is 49.3 Å². The zero-order chi connectivity index (χ0) is 32.0. The molecule has 4 rings (SSSR count). The van der Waals surface area contributed by atoms with Crippen molar-refractivity contribution < 1.29 is 53.1 Å². The number of rotatable bonds is 12. The molecular weight excluding hydrogens is 580 g/mol. The van der Waals surface area contributed by atoms with E-state index >= 15 is 0 Å². The lowest BCUT2D eigenvalue weighted by molar-refractivity contribution is -0.136. The topological polar surface area (TPSA) is 195 Å². The minimum Gasteiger partial charge on any atom is -0.497 e. The molecule has 2 aromatic carbocycles. The normalized spacial score (nSPS) is 13.0. The number of Topliss-reactive ketones (excluding diaryl/α,β-unsaturated/α-hetero) is 1. The molecule has 15 nitrogen and oxygen atoms in total. The van der Waals surface area contributed by atoms with Gasteiger partial charge in [-0.1, -0.05) is 0 Å². The molecule has 1 aromatic heterocycles. The van der Waals surface area contributed by atoms with Crippen molar-refractivity contribution in [1.82, 2.24) is 20.1 Å². The van der Waals surface area contributed by atoms with Crippen molar-refractivity contribution >= 4 is 46.9 Å². The number of hydrogen-bond donors (Lipinski definition) is 4. The molecule has 1 aliphatic heterocycles. The van der Waals surface area contributed by atoms with Crippen molar-refractivity contribution in [1.29, 1.82) is 0 Å². The van der Waals surface area contributed by atoms with E-state index in [-0.39, 0.29) is 28.6 Å². The molecule has 0 saturated carbocycles. The van der Waals surface area contributed by atoms with Crippen LogP contribution in [0, 0.1) is 0 Å². The minimum atomic E-state index is -1.33. The summed E-state index contributed by atoms with van der Waals surface area (Å²) in [6.45, 7) is 0.0879. The molecule has 44 heavy (non-hydrogen) atoms. The van der Waals surface area contributed by atoms with Gasteiger partial charge in [0.1, 0.15) is 35.9 Å². The van der Waals surface area contributed by atoms with E-state index in [1.807, 2.05) is 49.1 Å². The van der Waals surface area contributed by atoms with Gasteiger partial charge in [0.2, 0.25) is 5.78 Å². The molecule has 0 spiro atoms. The second kappa shape index (κ2) is 13.6. The number of carbonyl (C=O) groups is 5. The van der Waals surface area contributed by atoms with E-state index in [0.717, 1.165) is 29.9 Å². The van der Waals surface area contributed by atoms with Gasteiger partial charge in [0.05, 0.1) is 7.11 Å². The molecule has 2 heterocycles. The number of ether oxygens (including phenoxy) is 4. The van der Waals surface area contributed by atoms with E-state index < -0.39 is 43.0 Å². The Morgan fingerprint density at radius 2 is 1.66 bits per heavy atom. The van der Waals surface area contributed by atoms with Gasteiger partial charge in [0.25, 0.3) is 0 Å². The summed E-state index contributed by atoms with van der Waals surface area (Å²) in [5.74, 6) is -3.56. The van der Waals surface area contributed by atoms with Crippen LogP contribution in [-0.4, -0.2) is 90.4 Å². The number of amides is 2. The largest absolute Gasteiger partial charge is 0.497 e. The van der Waals surface area contributed by atoms with Crippen LogP contribution in [0.4, 0.5) is 9.59 Å². The summed E-state index contributed by atoms with van der Waals surface area (Å²) in [5.41, 5.74) is 1.37. The van der Waals surface area contributed by atoms with Crippen LogP contribution >= 0.6 is 0 Å². The van der Waals surface area contributed by atoms with Crippen molar-refractivity contribution in [3.05, 3.63) is 53.4 Å². The average Bonchev–Trinajstić information content (AvgIpc) is 3.46. The number of methoxy groups -OCH3 is 1. The zero-order valence-electron chi connectivity index (χ0n) is 24.0. The summed E-state index contributed by atoms with van der Waals surface area (Å²) >= 11 is 0. The molecule has 0 aliphatic carbocycles. The third kappa shape index (κ3) is 7.63. The Morgan fingerprint density at radius 1 is 0.977 bits per heavy atom. The summed E-state index contributed by atoms with van der Waals surface area (Å²) in [4.78, 5) is 61.6. The van der Waals surface area contributed by atoms with Crippen molar-refractivity contribution in [3.8, 4) is 23.0 Å². The van der Waals surface area contributed by atoms with Gasteiger partial charge in [-0.15, -0.1) is 0 Å². The Hall–Kier alpha value is -5.57. The zero-order valence-corrected chi connectivity index (χ0v) is 24.0. The van der Waals surface area contributed by atoms with Gasteiger partial charge >= 0.3 is 24.1 Å². The summed E-state index contributed by atoms with van der Waals surface area (Å²) in [7, 11) is 5.52. The van der Waals surface area contributed by atoms with E-state index in [2.05, 4.69) is 9.47 Å². The maximum Gasteiger partial charge on any atom is 0.413 e. The Bertz CT molecular complexity index is 1660. The molecule has 15 heteroatoms. The fourth-order valence-corrected chi connectivity index (χ4v) is 4.40. The Morgan fingerprint density at radius 3 is 2.30 bits per heavy atom. The number of aliphatic carboxylic acids is 2. The third-order valence-electron chi connectivity index (χ3n) is 6.30. The van der Waals surface area contributed by atoms with Crippen LogP contribution in [0.2, 0.25) is 0 Å². The smallest absolute Gasteiger partial charge is 0.413 e. The first-order valence-electron chi connectivity index (χ1n) is 13.2. The van der Waals surface area contributed by atoms with Crippen LogP contribution in [0.3, 0.4) is 0 Å². The minimum absolute atomic E-state index is 0.113. The molecule has 3 aromatic rings. The van der Waals surface area contributed by atoms with Gasteiger partial charge in [-0.05, 0) is 51.3 Å². The molecule has 0 atom stereocenters. The van der Waals surface area contributed by atoms with Crippen LogP contribution in [-0.2, 0) is 16.1 Å². The highest BCUT2D eigenvalue weighted by atomic mass is 16.6. The first kappa shape index (κ1) is 31.4. The van der Waals surface area contributed by atoms with Gasteiger partial charge in [-0.2, -0.15) is 0 Å². The highest BCUT2D eigenvalue weighted by molar-refractivity contribution is 6.17. The lowest BCUT2D eigenvalue weighted by atomic mass is 10.1. The van der Waals surface area contributed by atoms with E-state index in [0.29, 0.717) is 17.9 Å². The molecule has 1 aliphatic rings. The number of nitrogens with one attached hydrogen (secondary N) is 2. The van der Waals surface area contributed by atoms with E-state index in [4.69, 9.17) is 29.2 Å². The Balaban J connectivity index is 1.70. The molecule has 4 N–H and O–H groups in total. The second-order valence-corrected chi connectivity index (χ2v) is 9.83. The predicted molar refractivity (Wildman–Crippen MR) is 154 cm³/mol. The number of carboxylic acids is 2. The Labute approximate surface area is 250 Å². The van der Waals surface area contributed by atoms with Crippen LogP contribution in [0.1, 0.15) is 22.3 Å². The van der Waals surface area contributed by atoms with Crippen LogP contribution in [0.25, 0.3) is 17.0 Å². The van der Waals surface area contributed by atoms with E-state index in [1.54, 1.807) is 7.11 Å². The molecule has 0 saturated heterocycles. The Kier molecular flexibility index (Phi) is 9.70. The molecular formula is C29H30N4O11. The molecule has 0 radical (unpaired) electrons. The monoisotopic (exact) mass is 610 g/mol. The lowest BCUT2D eigenvalue weighted by Gasteiger charge is -2.11. The fraction of sp³-hybridized carbons (Fsp3) is 0.276. The lowest BCUT2D eigenvalue weighted by Crippen LogP contribution is -2.32. The molecule has 2 amide bonds. The van der Waals surface area contributed by atoms with Gasteiger partial charge in [-0.3, -0.25) is 14.4 Å². The van der Waals surface area contributed by atoms with Crippen molar-refractivity contribution in [2.24, 2.45) is 0 Å². The van der Waals surface area contributed by atoms with Crippen LogP contribution < -0.4 is 29.6 Å². The maximum atomic E-state index is 13.6. The number of hydrogen-bond acceptors (Lipinski definition) is 10. The van der Waals surface area contributed by atoms with Crippen LogP contribution in [0.5, 0.6) is 23.0 Å². The van der Waals surface area contributed by atoms with Gasteiger partial charge in [0, 0.05) is 41.3 Å². The highest BCUT2D eigenvalue weighted by Gasteiger charge is 2.34. The SMILES string of the molecule is COc1ccc2c(c1)c(/C=C1\Oc3cc(OC(=O)NCC(=O)O)cc(OC(=O)NCC(=O)O)c3C1=O)cn2CCCN(C)C. The summed E-state index contributed by atoms with van der Waals surface area (Å²) in [5, 5.41) is 22.4. The number of aromatic nitrogens is 1. The van der Waals surface area contributed by atoms with E-state index in [9.17, 15) is 24.0 Å². The maximum absolute atomic E-state index is 13.6. The number of nitrogens with zero attached hydrogens (tertiary/aromatic N) is 2. The second-order valence-electron chi connectivity index (χ2n) is 9.83. The van der Waals surface area contributed by atoms with Gasteiger partial charge in [0.15, 0.2) is 11.5 Å². The number of aryl methyl sites for hydroxylation is 1. The molecule has 0 bridgehead atoms. The first-order chi connectivity index (χ1) is 20.9. The summed E-state index contributed by atoms with van der Waals surface area (Å²) in [6.07, 6.45) is 1.95. The molecule has 232 valence electrons. The standard InChI is InChI=1S/C29H30N4O11/c1-32(2)7-4-8-33-15-16(19-10-17(41-3)5-6-20(19)33)9-23-27(38)26-21(43-23)11-18(42-28(39)30-13-24(34)35)12-22(26)44-29(40)31-14-25(36)37/h5-6,9-12,15H,4,7-8,13-14H2,1-3H3,(H,30,39)(H,31,40)(H,34,35)(H,36,37)/b23-9-. The number of benzene rings is 2. The number of carboxylic acid groups (broad SMARTS) is 2. The number of carbonyl (C=O) groups excluding carboxylic acids is 3. The third-order valence-corrected chi connectivity index (χ3v) is 6.30. The fourth-order valence-electron chi connectivity index (χ4n) is 4.40. The number of fused-ring (bicyclic) bond motifs is 2. The number of allylic oxidation sites excluding steroid dienone is 1. The summed E-state index contributed by atoms with van der Waals surface area (Å²) < 4.78 is 23.6. The predicted octanol–water partition coefficient (Wildman–Crippen LogP) is 2.56. The summed E-state index contributed by atoms with van der Waals surface area (Å²) in [6, 6.07) is 7.83. The number of ketones is 1. The van der Waals surface area contributed by atoms with Crippen molar-refractivity contribution in [2.45, 2.75) is 13.0 Å². The molecule has 0 unspecified atom stereocenters. The van der Waals surface area contributed by atoms with Crippen LogP contribution in [0.15, 0.2) is 42.3 Å². The quantitative estimate of drug-likeness (QED) is 0.219. The highest BCUT2D eigenvalue weighted by Crippen LogP contribution is 2.42. The van der Waals surface area contributed by atoms with Crippen molar-refractivity contribution in [3.63, 3.8) is 0 Å². The molecule has 0 fully saturated rings. The first-order valence-corrected chi connectivity index (χ1v) is 13.2. The van der Waals surface area contributed by atoms with Crippen molar-refractivity contribution in [2.75, 3.05) is 40.8 Å². The average molecular weight is 611 g/mol. The van der Waals surface area contributed by atoms with Gasteiger partial charge in [-0.25, -0.2) is 9.59 Å².